The molecule has 2 aromatic carbocycles. The summed E-state index contributed by atoms with van der Waals surface area (Å²) in [6.45, 7) is 6.92. The first kappa shape index (κ1) is 16.1. The predicted molar refractivity (Wildman–Crippen MR) is 89.5 cm³/mol. The first-order valence-corrected chi connectivity index (χ1v) is 8.36. The molecule has 1 N–H and O–H groups in total. The average molecular weight is 303 g/mol. The number of thioether (sulfide) groups is 1. The van der Waals surface area contributed by atoms with Crippen LogP contribution in [0.2, 0.25) is 0 Å². The van der Waals surface area contributed by atoms with Crippen molar-refractivity contribution in [1.29, 1.82) is 0 Å². The lowest BCUT2D eigenvalue weighted by molar-refractivity contribution is 0.606. The van der Waals surface area contributed by atoms with Crippen LogP contribution in [0.1, 0.15) is 36.6 Å². The van der Waals surface area contributed by atoms with E-state index in [4.69, 9.17) is 0 Å². The molecule has 0 amide bonds. The molecule has 0 aliphatic rings. The Hall–Kier alpha value is -1.32. The van der Waals surface area contributed by atoms with E-state index in [-0.39, 0.29) is 11.9 Å². The lowest BCUT2D eigenvalue weighted by Crippen LogP contribution is -2.22. The maximum absolute atomic E-state index is 13.5. The topological polar surface area (TPSA) is 12.0 Å². The van der Waals surface area contributed by atoms with Crippen molar-refractivity contribution < 1.29 is 4.39 Å². The first-order valence-electron chi connectivity index (χ1n) is 7.37. The average Bonchev–Trinajstić information content (AvgIpc) is 2.49. The van der Waals surface area contributed by atoms with E-state index in [0.717, 1.165) is 17.9 Å². The summed E-state index contributed by atoms with van der Waals surface area (Å²) in [7, 11) is 0. The molecule has 1 unspecified atom stereocenters. The maximum Gasteiger partial charge on any atom is 0.126 e. The third-order valence-corrected chi connectivity index (χ3v) is 4.34. The minimum Gasteiger partial charge on any atom is -0.307 e. The molecule has 1 nitrogen and oxygen atoms in total. The van der Waals surface area contributed by atoms with Crippen LogP contribution in [0, 0.1) is 12.7 Å². The molecule has 112 valence electrons. The van der Waals surface area contributed by atoms with E-state index < -0.39 is 0 Å². The fourth-order valence-corrected chi connectivity index (χ4v) is 3.06. The van der Waals surface area contributed by atoms with Crippen LogP contribution in [0.3, 0.4) is 0 Å². The smallest absolute Gasteiger partial charge is 0.126 e. The number of nitrogens with one attached hydrogen (secondary N) is 1. The molecule has 0 spiro atoms. The zero-order chi connectivity index (χ0) is 15.2. The van der Waals surface area contributed by atoms with E-state index in [1.54, 1.807) is 6.07 Å². The Morgan fingerprint density at radius 1 is 1.05 bits per heavy atom. The van der Waals surface area contributed by atoms with Crippen LogP contribution in [-0.4, -0.2) is 12.3 Å². The van der Waals surface area contributed by atoms with Gasteiger partial charge in [0.05, 0.1) is 6.04 Å². The number of hydrogen-bond acceptors (Lipinski definition) is 2. The molecule has 0 radical (unpaired) electrons. The van der Waals surface area contributed by atoms with Crippen LogP contribution in [0.15, 0.2) is 47.4 Å². The van der Waals surface area contributed by atoms with Gasteiger partial charge in [-0.1, -0.05) is 38.1 Å². The molecule has 0 saturated carbocycles. The van der Waals surface area contributed by atoms with Crippen molar-refractivity contribution in [3.05, 3.63) is 65.0 Å². The van der Waals surface area contributed by atoms with Crippen LogP contribution in [-0.2, 0) is 0 Å². The molecule has 1 atom stereocenters. The van der Waals surface area contributed by atoms with Gasteiger partial charge in [-0.05, 0) is 54.1 Å². The standard InChI is InChI=1S/C18H22FNS/c1-4-20-18(15-8-11-17(19)13(3)12-15)14-6-9-16(10-7-14)21-5-2/h6-12,18,20H,4-5H2,1-3H3. The van der Waals surface area contributed by atoms with Crippen molar-refractivity contribution in [2.24, 2.45) is 0 Å². The zero-order valence-corrected chi connectivity index (χ0v) is 13.6. The van der Waals surface area contributed by atoms with Crippen molar-refractivity contribution in [1.82, 2.24) is 5.32 Å². The Balaban J connectivity index is 2.31. The highest BCUT2D eigenvalue weighted by atomic mass is 32.2. The Morgan fingerprint density at radius 3 is 2.29 bits per heavy atom. The number of benzene rings is 2. The molecular weight excluding hydrogens is 281 g/mol. The van der Waals surface area contributed by atoms with Gasteiger partial charge in [-0.15, -0.1) is 11.8 Å². The van der Waals surface area contributed by atoms with Gasteiger partial charge in [-0.3, -0.25) is 0 Å². The van der Waals surface area contributed by atoms with Gasteiger partial charge in [0.15, 0.2) is 0 Å². The Bertz CT molecular complexity index is 580. The van der Waals surface area contributed by atoms with E-state index in [0.29, 0.717) is 5.56 Å². The summed E-state index contributed by atoms with van der Waals surface area (Å²) in [6.07, 6.45) is 0. The highest BCUT2D eigenvalue weighted by Crippen LogP contribution is 2.26. The van der Waals surface area contributed by atoms with E-state index >= 15 is 0 Å². The van der Waals surface area contributed by atoms with Crippen LogP contribution in [0.5, 0.6) is 0 Å². The molecule has 0 heterocycles. The molecule has 21 heavy (non-hydrogen) atoms. The zero-order valence-electron chi connectivity index (χ0n) is 12.8. The molecule has 0 fully saturated rings. The number of rotatable bonds is 6. The fourth-order valence-electron chi connectivity index (χ4n) is 2.40. The van der Waals surface area contributed by atoms with Crippen molar-refractivity contribution in [3.63, 3.8) is 0 Å². The molecule has 0 aliphatic heterocycles. The van der Waals surface area contributed by atoms with E-state index in [1.165, 1.54) is 10.5 Å². The lowest BCUT2D eigenvalue weighted by Gasteiger charge is -2.20. The van der Waals surface area contributed by atoms with Crippen LogP contribution >= 0.6 is 11.8 Å². The summed E-state index contributed by atoms with van der Waals surface area (Å²) in [5.74, 6) is 0.927. The van der Waals surface area contributed by atoms with Crippen molar-refractivity contribution >= 4 is 11.8 Å². The highest BCUT2D eigenvalue weighted by molar-refractivity contribution is 7.99. The Morgan fingerprint density at radius 2 is 1.71 bits per heavy atom. The van der Waals surface area contributed by atoms with Gasteiger partial charge in [0.2, 0.25) is 0 Å². The largest absolute Gasteiger partial charge is 0.307 e. The first-order chi connectivity index (χ1) is 10.2. The summed E-state index contributed by atoms with van der Waals surface area (Å²) in [5, 5.41) is 3.48. The summed E-state index contributed by atoms with van der Waals surface area (Å²) < 4.78 is 13.5. The van der Waals surface area contributed by atoms with Gasteiger partial charge < -0.3 is 5.32 Å². The second-order valence-electron chi connectivity index (χ2n) is 5.00. The van der Waals surface area contributed by atoms with Gasteiger partial charge in [-0.25, -0.2) is 4.39 Å². The third-order valence-electron chi connectivity index (χ3n) is 3.45. The Labute approximate surface area is 131 Å². The Kier molecular flexibility index (Phi) is 5.83. The van der Waals surface area contributed by atoms with Gasteiger partial charge in [0, 0.05) is 4.90 Å². The summed E-state index contributed by atoms with van der Waals surface area (Å²) in [6, 6.07) is 14.1. The highest BCUT2D eigenvalue weighted by Gasteiger charge is 2.14. The van der Waals surface area contributed by atoms with Crippen LogP contribution < -0.4 is 5.32 Å². The van der Waals surface area contributed by atoms with Crippen LogP contribution in [0.4, 0.5) is 4.39 Å². The molecule has 3 heteroatoms. The minimum absolute atomic E-state index is 0.106. The molecule has 0 bridgehead atoms. The van der Waals surface area contributed by atoms with Gasteiger partial charge in [-0.2, -0.15) is 0 Å². The summed E-state index contributed by atoms with van der Waals surface area (Å²) in [5.41, 5.74) is 3.00. The van der Waals surface area contributed by atoms with Crippen LogP contribution in [0.25, 0.3) is 0 Å². The predicted octanol–water partition coefficient (Wildman–Crippen LogP) is 4.95. The summed E-state index contributed by atoms with van der Waals surface area (Å²) >= 11 is 1.84. The number of hydrogen-bond donors (Lipinski definition) is 1. The quantitative estimate of drug-likeness (QED) is 0.758. The van der Waals surface area contributed by atoms with E-state index in [2.05, 4.69) is 43.4 Å². The normalized spacial score (nSPS) is 12.4. The van der Waals surface area contributed by atoms with Gasteiger partial charge >= 0.3 is 0 Å². The molecule has 2 aromatic rings. The fraction of sp³-hybridized carbons (Fsp3) is 0.333. The molecule has 0 saturated heterocycles. The van der Waals surface area contributed by atoms with E-state index in [1.807, 2.05) is 30.8 Å². The minimum atomic E-state index is -0.149. The molecule has 0 aliphatic carbocycles. The van der Waals surface area contributed by atoms with Crippen molar-refractivity contribution in [3.8, 4) is 0 Å². The monoisotopic (exact) mass is 303 g/mol. The van der Waals surface area contributed by atoms with Crippen molar-refractivity contribution in [2.45, 2.75) is 31.7 Å². The van der Waals surface area contributed by atoms with Gasteiger partial charge in [0.25, 0.3) is 0 Å². The second-order valence-corrected chi connectivity index (χ2v) is 6.34. The maximum atomic E-state index is 13.5. The number of halogens is 1. The molecule has 2 rings (SSSR count). The van der Waals surface area contributed by atoms with Gasteiger partial charge in [0.1, 0.15) is 5.82 Å². The molecule has 0 aromatic heterocycles. The lowest BCUT2D eigenvalue weighted by atomic mass is 9.97. The second kappa shape index (κ2) is 7.62. The van der Waals surface area contributed by atoms with Crippen molar-refractivity contribution in [2.75, 3.05) is 12.3 Å². The van der Waals surface area contributed by atoms with E-state index in [9.17, 15) is 4.39 Å². The SMILES string of the molecule is CCNC(c1ccc(SCC)cc1)c1ccc(F)c(C)c1. The molecular formula is C18H22FNS. The number of aryl methyl sites for hydroxylation is 1. The summed E-state index contributed by atoms with van der Waals surface area (Å²) in [4.78, 5) is 1.28. The third kappa shape index (κ3) is 4.08.